The molecule has 4 rings (SSSR count). The molecule has 0 amide bonds. The van der Waals surface area contributed by atoms with E-state index in [-0.39, 0.29) is 7.43 Å². The molecule has 0 radical (unpaired) electrons. The van der Waals surface area contributed by atoms with Crippen LogP contribution in [-0.4, -0.2) is 148 Å². The summed E-state index contributed by atoms with van der Waals surface area (Å²) < 4.78 is 0. The molecule has 0 bridgehead atoms. The smallest absolute Gasteiger partial charge is 0.0121 e. The molecular formula is C23H50N6. The minimum absolute atomic E-state index is 0. The Balaban J connectivity index is 0.000000200. The number of hydrogen-bond acceptors (Lipinski definition) is 6. The van der Waals surface area contributed by atoms with E-state index in [2.05, 4.69) is 50.5 Å². The maximum atomic E-state index is 2.70. The van der Waals surface area contributed by atoms with Gasteiger partial charge in [0.15, 0.2) is 0 Å². The van der Waals surface area contributed by atoms with Gasteiger partial charge in [-0.25, -0.2) is 0 Å². The summed E-state index contributed by atoms with van der Waals surface area (Å²) >= 11 is 0. The second-order valence-electron chi connectivity index (χ2n) is 9.57. The number of likely N-dealkylation sites (tertiary alicyclic amines) is 2. The third kappa shape index (κ3) is 8.80. The number of piperidine rings is 1. The zero-order chi connectivity index (χ0) is 19.8. The van der Waals surface area contributed by atoms with Gasteiger partial charge < -0.3 is 19.6 Å². The number of nitrogens with zero attached hydrogens (tertiary/aromatic N) is 6. The van der Waals surface area contributed by atoms with Gasteiger partial charge in [0.05, 0.1) is 0 Å². The van der Waals surface area contributed by atoms with E-state index in [9.17, 15) is 0 Å². The molecule has 0 saturated carbocycles. The fraction of sp³-hybridized carbons (Fsp3) is 1.00. The lowest BCUT2D eigenvalue weighted by atomic mass is 10.0. The van der Waals surface area contributed by atoms with Gasteiger partial charge in [-0.3, -0.25) is 9.80 Å². The summed E-state index contributed by atoms with van der Waals surface area (Å²) in [4.78, 5) is 15.2. The van der Waals surface area contributed by atoms with E-state index in [1.54, 1.807) is 0 Å². The van der Waals surface area contributed by atoms with Crippen molar-refractivity contribution in [1.29, 1.82) is 0 Å². The third-order valence-electron chi connectivity index (χ3n) is 7.27. The lowest BCUT2D eigenvalue weighted by Gasteiger charge is -2.41. The number of likely N-dealkylation sites (N-methyl/N-ethyl adjacent to an activating group) is 2. The number of hydrogen-bond donors (Lipinski definition) is 0. The average molecular weight is 411 g/mol. The summed E-state index contributed by atoms with van der Waals surface area (Å²) in [6.45, 7) is 18.0. The van der Waals surface area contributed by atoms with Gasteiger partial charge in [-0.2, -0.15) is 0 Å². The van der Waals surface area contributed by atoms with Crippen molar-refractivity contribution in [3.8, 4) is 0 Å². The van der Waals surface area contributed by atoms with Gasteiger partial charge in [-0.1, -0.05) is 7.43 Å². The Kier molecular flexibility index (Phi) is 11.4. The van der Waals surface area contributed by atoms with Crippen LogP contribution in [0.4, 0.5) is 0 Å². The Hall–Kier alpha value is -0.240. The first-order chi connectivity index (χ1) is 13.6. The molecule has 0 unspecified atom stereocenters. The first-order valence-electron chi connectivity index (χ1n) is 11.8. The SMILES string of the molecule is C.CN1CCC(N2CCN(C)CC2)CC1.CN1CCN(CCN2CCCC2)CC1. The van der Waals surface area contributed by atoms with Crippen LogP contribution in [0.25, 0.3) is 0 Å². The lowest BCUT2D eigenvalue weighted by Crippen LogP contribution is -2.51. The molecular weight excluding hydrogens is 360 g/mol. The first-order valence-corrected chi connectivity index (χ1v) is 11.8. The van der Waals surface area contributed by atoms with Gasteiger partial charge in [0.1, 0.15) is 0 Å². The molecule has 0 aliphatic carbocycles. The van der Waals surface area contributed by atoms with E-state index in [4.69, 9.17) is 0 Å². The summed E-state index contributed by atoms with van der Waals surface area (Å²) in [7, 11) is 6.68. The molecule has 0 aromatic carbocycles. The maximum absolute atomic E-state index is 2.70. The molecule has 172 valence electrons. The van der Waals surface area contributed by atoms with Crippen molar-refractivity contribution in [2.24, 2.45) is 0 Å². The molecule has 4 fully saturated rings. The summed E-state index contributed by atoms with van der Waals surface area (Å²) in [5.74, 6) is 0. The lowest BCUT2D eigenvalue weighted by molar-refractivity contribution is 0.0742. The molecule has 4 aliphatic rings. The third-order valence-corrected chi connectivity index (χ3v) is 7.27. The van der Waals surface area contributed by atoms with Gasteiger partial charge in [-0.05, 0) is 73.0 Å². The largest absolute Gasteiger partial charge is 0.306 e. The minimum atomic E-state index is 0. The van der Waals surface area contributed by atoms with Crippen LogP contribution >= 0.6 is 0 Å². The maximum Gasteiger partial charge on any atom is 0.0121 e. The highest BCUT2D eigenvalue weighted by Crippen LogP contribution is 2.16. The molecule has 0 N–H and O–H groups in total. The van der Waals surface area contributed by atoms with Gasteiger partial charge in [0.2, 0.25) is 0 Å². The molecule has 0 spiro atoms. The zero-order valence-corrected chi connectivity index (χ0v) is 19.0. The highest BCUT2D eigenvalue weighted by atomic mass is 15.3. The highest BCUT2D eigenvalue weighted by molar-refractivity contribution is 4.81. The molecule has 29 heavy (non-hydrogen) atoms. The second-order valence-corrected chi connectivity index (χ2v) is 9.57. The Morgan fingerprint density at radius 3 is 1.45 bits per heavy atom. The number of rotatable bonds is 4. The van der Waals surface area contributed by atoms with E-state index in [0.717, 1.165) is 6.04 Å². The molecule has 0 aromatic heterocycles. The van der Waals surface area contributed by atoms with Crippen LogP contribution in [0, 0.1) is 0 Å². The summed E-state index contributed by atoms with van der Waals surface area (Å²) in [6, 6.07) is 0.875. The number of piperazine rings is 2. The van der Waals surface area contributed by atoms with Gasteiger partial charge in [-0.15, -0.1) is 0 Å². The van der Waals surface area contributed by atoms with Gasteiger partial charge in [0, 0.05) is 71.5 Å². The Morgan fingerprint density at radius 2 is 0.931 bits per heavy atom. The van der Waals surface area contributed by atoms with Crippen molar-refractivity contribution in [3.05, 3.63) is 0 Å². The van der Waals surface area contributed by atoms with Gasteiger partial charge in [0.25, 0.3) is 0 Å². The Bertz CT molecular complexity index is 384. The van der Waals surface area contributed by atoms with Crippen molar-refractivity contribution in [3.63, 3.8) is 0 Å². The standard InChI is InChI=1S/2C11H23N3.CH4/c1-12-5-3-11(4-6-12)14-9-7-13(2)8-10-14;1-12-6-8-14(9-7-12)11-10-13-4-2-3-5-13;/h11H,3-10H2,1-2H3;2-11H2,1H3;1H4. The predicted molar refractivity (Wildman–Crippen MR) is 126 cm³/mol. The molecule has 0 atom stereocenters. The zero-order valence-electron chi connectivity index (χ0n) is 19.0. The van der Waals surface area contributed by atoms with Crippen LogP contribution in [-0.2, 0) is 0 Å². The second kappa shape index (κ2) is 13.2. The predicted octanol–water partition coefficient (Wildman–Crippen LogP) is 1.29. The van der Waals surface area contributed by atoms with Crippen LogP contribution in [0.1, 0.15) is 33.1 Å². The molecule has 4 saturated heterocycles. The van der Waals surface area contributed by atoms with Crippen molar-refractivity contribution in [1.82, 2.24) is 29.4 Å². The van der Waals surface area contributed by atoms with Crippen LogP contribution in [0.5, 0.6) is 0 Å². The average Bonchev–Trinajstić information content (AvgIpc) is 3.23. The van der Waals surface area contributed by atoms with Crippen molar-refractivity contribution in [2.75, 3.05) is 113 Å². The molecule has 4 aliphatic heterocycles. The van der Waals surface area contributed by atoms with Crippen molar-refractivity contribution in [2.45, 2.75) is 39.2 Å². The van der Waals surface area contributed by atoms with Gasteiger partial charge >= 0.3 is 0 Å². The summed E-state index contributed by atoms with van der Waals surface area (Å²) in [5, 5.41) is 0. The molecule has 6 nitrogen and oxygen atoms in total. The molecule has 0 aromatic rings. The summed E-state index contributed by atoms with van der Waals surface area (Å²) in [6.07, 6.45) is 5.59. The monoisotopic (exact) mass is 410 g/mol. The van der Waals surface area contributed by atoms with Crippen molar-refractivity contribution < 1.29 is 0 Å². The first kappa shape index (κ1) is 25.0. The van der Waals surface area contributed by atoms with E-state index < -0.39 is 0 Å². The van der Waals surface area contributed by atoms with Crippen molar-refractivity contribution >= 4 is 0 Å². The molecule has 4 heterocycles. The quantitative estimate of drug-likeness (QED) is 0.691. The minimum Gasteiger partial charge on any atom is -0.306 e. The summed E-state index contributed by atoms with van der Waals surface area (Å²) in [5.41, 5.74) is 0. The fourth-order valence-corrected chi connectivity index (χ4v) is 4.91. The van der Waals surface area contributed by atoms with E-state index in [1.807, 2.05) is 0 Å². The normalized spacial score (nSPS) is 27.4. The fourth-order valence-electron chi connectivity index (χ4n) is 4.91. The Morgan fingerprint density at radius 1 is 0.517 bits per heavy atom. The van der Waals surface area contributed by atoms with E-state index in [1.165, 1.54) is 117 Å². The van der Waals surface area contributed by atoms with Crippen LogP contribution in [0.3, 0.4) is 0 Å². The van der Waals surface area contributed by atoms with E-state index >= 15 is 0 Å². The van der Waals surface area contributed by atoms with Crippen LogP contribution in [0.15, 0.2) is 0 Å². The van der Waals surface area contributed by atoms with E-state index in [0.29, 0.717) is 0 Å². The van der Waals surface area contributed by atoms with Crippen LogP contribution < -0.4 is 0 Å². The molecule has 6 heteroatoms. The Labute approximate surface area is 181 Å². The van der Waals surface area contributed by atoms with Crippen LogP contribution in [0.2, 0.25) is 0 Å². The topological polar surface area (TPSA) is 19.4 Å². The highest BCUT2D eigenvalue weighted by Gasteiger charge is 2.25.